The van der Waals surface area contributed by atoms with Crippen LogP contribution in [-0.4, -0.2) is 18.4 Å². The molecule has 0 rings (SSSR count). The summed E-state index contributed by atoms with van der Waals surface area (Å²) in [5.41, 5.74) is 9.75. The number of hydrogen-bond acceptors (Lipinski definition) is 4. The maximum Gasteiger partial charge on any atom is 0.261 e. The van der Waals surface area contributed by atoms with E-state index in [1.165, 1.54) is 6.92 Å². The molecule has 0 aliphatic heterocycles. The van der Waals surface area contributed by atoms with Crippen molar-refractivity contribution in [2.45, 2.75) is 6.92 Å². The summed E-state index contributed by atoms with van der Waals surface area (Å²) in [6.07, 6.45) is 0. The van der Waals surface area contributed by atoms with Crippen molar-refractivity contribution in [1.29, 1.82) is 5.26 Å². The van der Waals surface area contributed by atoms with Gasteiger partial charge in [0.05, 0.1) is 6.54 Å². The van der Waals surface area contributed by atoms with Crippen molar-refractivity contribution in [3.63, 3.8) is 0 Å². The third-order valence-corrected chi connectivity index (χ3v) is 1.26. The van der Waals surface area contributed by atoms with Crippen LogP contribution in [0.3, 0.4) is 0 Å². The van der Waals surface area contributed by atoms with Gasteiger partial charge in [0.25, 0.3) is 5.91 Å². The second-order valence-corrected chi connectivity index (χ2v) is 2.30. The first kappa shape index (κ1) is 11.0. The molecular weight excluding hydrogens is 172 g/mol. The number of rotatable bonds is 4. The molecule has 6 nitrogen and oxygen atoms in total. The smallest absolute Gasteiger partial charge is 0.261 e. The van der Waals surface area contributed by atoms with Crippen molar-refractivity contribution >= 4 is 11.8 Å². The van der Waals surface area contributed by atoms with E-state index in [0.717, 1.165) is 0 Å². The fraction of sp³-hybridized carbons (Fsp3) is 0.286. The standard InChI is InChI=1S/C7H10N4O2/c1-4(11-3-6(9)12)5(2-8)7(10)13/h11H,3H2,1H3,(H2,9,12)(H2,10,13)/b5-4-. The number of primary amides is 2. The molecule has 2 amide bonds. The molecule has 0 atom stereocenters. The number of allylic oxidation sites excluding steroid dienone is 1. The predicted octanol–water partition coefficient (Wildman–Crippen LogP) is -1.66. The van der Waals surface area contributed by atoms with Crippen LogP contribution in [0.5, 0.6) is 0 Å². The van der Waals surface area contributed by atoms with Gasteiger partial charge in [0.15, 0.2) is 0 Å². The Hall–Kier alpha value is -2.03. The van der Waals surface area contributed by atoms with Crippen LogP contribution < -0.4 is 16.8 Å². The minimum atomic E-state index is -0.836. The average Bonchev–Trinajstić information content (AvgIpc) is 2.01. The summed E-state index contributed by atoms with van der Waals surface area (Å²) in [6.45, 7) is 1.33. The third kappa shape index (κ3) is 3.76. The zero-order chi connectivity index (χ0) is 10.4. The minimum Gasteiger partial charge on any atom is -0.379 e. The number of nitrogens with two attached hydrogens (primary N) is 2. The van der Waals surface area contributed by atoms with Gasteiger partial charge in [0.2, 0.25) is 5.91 Å². The molecule has 0 radical (unpaired) electrons. The molecule has 0 spiro atoms. The number of hydrogen-bond donors (Lipinski definition) is 3. The minimum absolute atomic E-state index is 0.135. The van der Waals surface area contributed by atoms with E-state index < -0.39 is 11.8 Å². The lowest BCUT2D eigenvalue weighted by atomic mass is 10.2. The molecule has 6 heteroatoms. The number of nitrogens with zero attached hydrogens (tertiary/aromatic N) is 1. The second-order valence-electron chi connectivity index (χ2n) is 2.30. The monoisotopic (exact) mass is 182 g/mol. The summed E-state index contributed by atoms with van der Waals surface area (Å²) in [6, 6.07) is 1.62. The van der Waals surface area contributed by atoms with Gasteiger partial charge in [-0.25, -0.2) is 0 Å². The lowest BCUT2D eigenvalue weighted by Gasteiger charge is -2.04. The zero-order valence-corrected chi connectivity index (χ0v) is 7.13. The van der Waals surface area contributed by atoms with Gasteiger partial charge < -0.3 is 16.8 Å². The van der Waals surface area contributed by atoms with Crippen LogP contribution in [0.2, 0.25) is 0 Å². The zero-order valence-electron chi connectivity index (χ0n) is 7.13. The lowest BCUT2D eigenvalue weighted by molar-refractivity contribution is -0.117. The summed E-state index contributed by atoms with van der Waals surface area (Å²) < 4.78 is 0. The van der Waals surface area contributed by atoms with E-state index in [-0.39, 0.29) is 17.8 Å². The highest BCUT2D eigenvalue weighted by Crippen LogP contribution is 1.97. The Kier molecular flexibility index (Phi) is 4.02. The number of nitriles is 1. The molecule has 0 aliphatic carbocycles. The highest BCUT2D eigenvalue weighted by molar-refractivity contribution is 5.96. The first-order chi connectivity index (χ1) is 5.99. The van der Waals surface area contributed by atoms with Gasteiger partial charge in [-0.05, 0) is 6.92 Å². The number of carbonyl (C=O) groups is 2. The number of carbonyl (C=O) groups excluding carboxylic acids is 2. The molecular formula is C7H10N4O2. The lowest BCUT2D eigenvalue weighted by Crippen LogP contribution is -2.29. The molecule has 0 aromatic heterocycles. The predicted molar refractivity (Wildman–Crippen MR) is 44.7 cm³/mol. The molecule has 0 unspecified atom stereocenters. The Labute approximate surface area is 75.2 Å². The van der Waals surface area contributed by atoms with Crippen molar-refractivity contribution in [1.82, 2.24) is 5.32 Å². The average molecular weight is 182 g/mol. The van der Waals surface area contributed by atoms with Gasteiger partial charge in [0.1, 0.15) is 11.6 Å². The van der Waals surface area contributed by atoms with E-state index in [1.807, 2.05) is 0 Å². The second kappa shape index (κ2) is 4.77. The molecule has 0 saturated heterocycles. The molecule has 0 saturated carbocycles. The van der Waals surface area contributed by atoms with Gasteiger partial charge in [-0.2, -0.15) is 5.26 Å². The normalized spacial score (nSPS) is 11.1. The fourth-order valence-electron chi connectivity index (χ4n) is 0.632. The fourth-order valence-corrected chi connectivity index (χ4v) is 0.632. The Balaban J connectivity index is 4.51. The Morgan fingerprint density at radius 1 is 1.46 bits per heavy atom. The highest BCUT2D eigenvalue weighted by Gasteiger charge is 2.08. The van der Waals surface area contributed by atoms with Crippen LogP contribution >= 0.6 is 0 Å². The van der Waals surface area contributed by atoms with E-state index in [2.05, 4.69) is 5.32 Å². The van der Waals surface area contributed by atoms with Crippen LogP contribution in [0.4, 0.5) is 0 Å². The third-order valence-electron chi connectivity index (χ3n) is 1.26. The maximum absolute atomic E-state index is 10.6. The highest BCUT2D eigenvalue weighted by atomic mass is 16.1. The van der Waals surface area contributed by atoms with Crippen molar-refractivity contribution < 1.29 is 9.59 Å². The van der Waals surface area contributed by atoms with Gasteiger partial charge in [-0.1, -0.05) is 0 Å². The van der Waals surface area contributed by atoms with E-state index in [1.54, 1.807) is 6.07 Å². The van der Waals surface area contributed by atoms with E-state index in [9.17, 15) is 9.59 Å². The van der Waals surface area contributed by atoms with Crippen LogP contribution in [0, 0.1) is 11.3 Å². The largest absolute Gasteiger partial charge is 0.379 e. The Morgan fingerprint density at radius 2 is 2.00 bits per heavy atom. The quantitative estimate of drug-likeness (QED) is 0.356. The van der Waals surface area contributed by atoms with Crippen molar-refractivity contribution in [2.24, 2.45) is 11.5 Å². The summed E-state index contributed by atoms with van der Waals surface area (Å²) in [4.78, 5) is 20.9. The van der Waals surface area contributed by atoms with Crippen LogP contribution in [0.25, 0.3) is 0 Å². The van der Waals surface area contributed by atoms with Gasteiger partial charge in [0, 0.05) is 5.70 Å². The van der Waals surface area contributed by atoms with Crippen LogP contribution in [0.15, 0.2) is 11.3 Å². The molecule has 0 aromatic rings. The molecule has 5 N–H and O–H groups in total. The summed E-state index contributed by atoms with van der Waals surface area (Å²) in [5, 5.41) is 11.0. The SMILES string of the molecule is C/C(NCC(N)=O)=C(\C#N)C(N)=O. The van der Waals surface area contributed by atoms with Crippen LogP contribution in [-0.2, 0) is 9.59 Å². The number of nitrogens with one attached hydrogen (secondary N) is 1. The molecule has 0 bridgehead atoms. The van der Waals surface area contributed by atoms with Gasteiger partial charge >= 0.3 is 0 Å². The van der Waals surface area contributed by atoms with E-state index >= 15 is 0 Å². The Bertz CT molecular complexity index is 300. The topological polar surface area (TPSA) is 122 Å². The summed E-state index contributed by atoms with van der Waals surface area (Å²) in [5.74, 6) is -1.42. The van der Waals surface area contributed by atoms with Crippen LogP contribution in [0.1, 0.15) is 6.92 Å². The first-order valence-electron chi connectivity index (χ1n) is 3.42. The summed E-state index contributed by atoms with van der Waals surface area (Å²) in [7, 11) is 0. The van der Waals surface area contributed by atoms with E-state index in [0.29, 0.717) is 0 Å². The van der Waals surface area contributed by atoms with Gasteiger partial charge in [-0.3, -0.25) is 9.59 Å². The molecule has 0 aliphatic rings. The van der Waals surface area contributed by atoms with E-state index in [4.69, 9.17) is 16.7 Å². The molecule has 0 aromatic carbocycles. The first-order valence-corrected chi connectivity index (χ1v) is 3.42. The summed E-state index contributed by atoms with van der Waals surface area (Å²) >= 11 is 0. The molecule has 0 fully saturated rings. The molecule has 70 valence electrons. The maximum atomic E-state index is 10.6. The molecule has 0 heterocycles. The molecule has 13 heavy (non-hydrogen) atoms. The van der Waals surface area contributed by atoms with Crippen molar-refractivity contribution in [2.75, 3.05) is 6.54 Å². The van der Waals surface area contributed by atoms with Crippen molar-refractivity contribution in [3.8, 4) is 6.07 Å². The van der Waals surface area contributed by atoms with Gasteiger partial charge in [-0.15, -0.1) is 0 Å². The number of amides is 2. The van der Waals surface area contributed by atoms with Crippen molar-refractivity contribution in [3.05, 3.63) is 11.3 Å². The Morgan fingerprint density at radius 3 is 2.31 bits per heavy atom.